The minimum Gasteiger partial charge on any atom is -0.495 e. The van der Waals surface area contributed by atoms with Crippen molar-refractivity contribution in [2.75, 3.05) is 12.4 Å². The maximum absolute atomic E-state index is 13.1. The van der Waals surface area contributed by atoms with Crippen LogP contribution in [0, 0.1) is 6.92 Å². The van der Waals surface area contributed by atoms with Gasteiger partial charge in [-0.05, 0) is 42.3 Å². The molecule has 1 N–H and O–H groups in total. The molecule has 0 bridgehead atoms. The number of halogens is 2. The molecular formula is C22H17Cl2N3O3S. The Hall–Kier alpha value is -2.87. The molecule has 0 aliphatic rings. The van der Waals surface area contributed by atoms with Gasteiger partial charge in [-0.15, -0.1) is 11.3 Å². The highest BCUT2D eigenvalue weighted by molar-refractivity contribution is 7.20. The standard InChI is InChI=1S/C22H17Cl2N3O3S/c1-12-18-21(25-11-27(22(18)29)10-13-5-3-4-6-15(13)24)31-19(12)20(28)26-16-9-14(23)7-8-17(16)30-2/h3-9,11H,10H2,1-2H3,(H,26,28). The lowest BCUT2D eigenvalue weighted by atomic mass is 10.2. The van der Waals surface area contributed by atoms with Crippen LogP contribution in [0.5, 0.6) is 5.75 Å². The van der Waals surface area contributed by atoms with Crippen LogP contribution < -0.4 is 15.6 Å². The summed E-state index contributed by atoms with van der Waals surface area (Å²) in [6.45, 7) is 2.03. The highest BCUT2D eigenvalue weighted by atomic mass is 35.5. The number of hydrogen-bond donors (Lipinski definition) is 1. The molecule has 1 amide bonds. The van der Waals surface area contributed by atoms with E-state index in [1.807, 2.05) is 18.2 Å². The van der Waals surface area contributed by atoms with Gasteiger partial charge in [0.05, 0.1) is 35.9 Å². The first kappa shape index (κ1) is 21.4. The van der Waals surface area contributed by atoms with Gasteiger partial charge < -0.3 is 10.1 Å². The van der Waals surface area contributed by atoms with Crippen molar-refractivity contribution in [1.29, 1.82) is 0 Å². The molecular weight excluding hydrogens is 457 g/mol. The summed E-state index contributed by atoms with van der Waals surface area (Å²) < 4.78 is 6.77. The van der Waals surface area contributed by atoms with Crippen molar-refractivity contribution in [1.82, 2.24) is 9.55 Å². The fourth-order valence-corrected chi connectivity index (χ4v) is 4.66. The van der Waals surface area contributed by atoms with E-state index in [-0.39, 0.29) is 18.0 Å². The predicted molar refractivity (Wildman–Crippen MR) is 125 cm³/mol. The quantitative estimate of drug-likeness (QED) is 0.422. The summed E-state index contributed by atoms with van der Waals surface area (Å²) in [5.74, 6) is 0.120. The van der Waals surface area contributed by atoms with Crippen LogP contribution in [0.15, 0.2) is 53.6 Å². The van der Waals surface area contributed by atoms with Crippen LogP contribution in [0.2, 0.25) is 10.0 Å². The second-order valence-electron chi connectivity index (χ2n) is 6.80. The number of thiophene rings is 1. The number of aryl methyl sites for hydroxylation is 1. The van der Waals surface area contributed by atoms with Crippen molar-refractivity contribution in [3.05, 3.63) is 85.2 Å². The second kappa shape index (κ2) is 8.70. The van der Waals surface area contributed by atoms with E-state index in [0.29, 0.717) is 42.1 Å². The molecule has 158 valence electrons. The number of methoxy groups -OCH3 is 1. The lowest BCUT2D eigenvalue weighted by molar-refractivity contribution is 0.102. The monoisotopic (exact) mass is 473 g/mol. The van der Waals surface area contributed by atoms with E-state index in [4.69, 9.17) is 27.9 Å². The van der Waals surface area contributed by atoms with Crippen molar-refractivity contribution in [2.24, 2.45) is 0 Å². The smallest absolute Gasteiger partial charge is 0.266 e. The molecule has 0 aliphatic carbocycles. The van der Waals surface area contributed by atoms with Gasteiger partial charge in [-0.3, -0.25) is 14.2 Å². The molecule has 0 atom stereocenters. The van der Waals surface area contributed by atoms with Gasteiger partial charge in [0.15, 0.2) is 0 Å². The third kappa shape index (κ3) is 4.17. The van der Waals surface area contributed by atoms with Gasteiger partial charge in [0.2, 0.25) is 0 Å². The molecule has 2 aromatic carbocycles. The van der Waals surface area contributed by atoms with E-state index in [1.165, 1.54) is 18.0 Å². The maximum atomic E-state index is 13.1. The Kier molecular flexibility index (Phi) is 6.00. The summed E-state index contributed by atoms with van der Waals surface area (Å²) >= 11 is 13.4. The Bertz CT molecular complexity index is 1360. The molecule has 4 aromatic rings. The Morgan fingerprint density at radius 3 is 2.74 bits per heavy atom. The normalized spacial score (nSPS) is 11.0. The van der Waals surface area contributed by atoms with Gasteiger partial charge >= 0.3 is 0 Å². The average Bonchev–Trinajstić information content (AvgIpc) is 3.09. The van der Waals surface area contributed by atoms with E-state index in [1.54, 1.807) is 31.2 Å². The first-order valence-corrected chi connectivity index (χ1v) is 10.8. The zero-order valence-corrected chi connectivity index (χ0v) is 18.9. The van der Waals surface area contributed by atoms with Gasteiger partial charge in [-0.2, -0.15) is 0 Å². The molecule has 0 saturated carbocycles. The van der Waals surface area contributed by atoms with Crippen LogP contribution in [0.25, 0.3) is 10.2 Å². The molecule has 0 spiro atoms. The largest absolute Gasteiger partial charge is 0.495 e. The van der Waals surface area contributed by atoms with Gasteiger partial charge in [0.25, 0.3) is 11.5 Å². The van der Waals surface area contributed by atoms with Crippen molar-refractivity contribution in [2.45, 2.75) is 13.5 Å². The van der Waals surface area contributed by atoms with E-state index in [0.717, 1.165) is 16.9 Å². The number of carbonyl (C=O) groups is 1. The van der Waals surface area contributed by atoms with Crippen LogP contribution in [0.1, 0.15) is 20.8 Å². The second-order valence-corrected chi connectivity index (χ2v) is 8.65. The molecule has 4 rings (SSSR count). The summed E-state index contributed by atoms with van der Waals surface area (Å²) in [5.41, 5.74) is 1.61. The van der Waals surface area contributed by atoms with Crippen LogP contribution in [0.3, 0.4) is 0 Å². The number of hydrogen-bond acceptors (Lipinski definition) is 5. The van der Waals surface area contributed by atoms with Crippen molar-refractivity contribution in [3.63, 3.8) is 0 Å². The van der Waals surface area contributed by atoms with Gasteiger partial charge in [-0.25, -0.2) is 4.98 Å². The van der Waals surface area contributed by atoms with Crippen LogP contribution in [0.4, 0.5) is 5.69 Å². The number of nitrogens with zero attached hydrogens (tertiary/aromatic N) is 2. The maximum Gasteiger partial charge on any atom is 0.266 e. The molecule has 2 aromatic heterocycles. The Balaban J connectivity index is 1.71. The number of carbonyl (C=O) groups excluding carboxylic acids is 1. The Morgan fingerprint density at radius 1 is 1.23 bits per heavy atom. The summed E-state index contributed by atoms with van der Waals surface area (Å²) in [4.78, 5) is 31.4. The molecule has 0 unspecified atom stereocenters. The number of amides is 1. The lowest BCUT2D eigenvalue weighted by Crippen LogP contribution is -2.21. The van der Waals surface area contributed by atoms with E-state index >= 15 is 0 Å². The summed E-state index contributed by atoms with van der Waals surface area (Å²) in [5, 5.41) is 4.27. The molecule has 0 fully saturated rings. The number of benzene rings is 2. The third-order valence-corrected chi connectivity index (χ3v) is 6.63. The zero-order valence-electron chi connectivity index (χ0n) is 16.6. The Morgan fingerprint density at radius 2 is 2.00 bits per heavy atom. The van der Waals surface area contributed by atoms with Crippen molar-refractivity contribution in [3.8, 4) is 5.75 Å². The Labute approximate surface area is 192 Å². The number of ether oxygens (including phenoxy) is 1. The SMILES string of the molecule is COc1ccc(Cl)cc1NC(=O)c1sc2ncn(Cc3ccccc3Cl)c(=O)c2c1C. The fourth-order valence-electron chi connectivity index (χ4n) is 3.26. The molecule has 6 nitrogen and oxygen atoms in total. The van der Waals surface area contributed by atoms with Crippen LogP contribution >= 0.6 is 34.5 Å². The molecule has 0 aliphatic heterocycles. The molecule has 2 heterocycles. The van der Waals surface area contributed by atoms with Crippen molar-refractivity contribution < 1.29 is 9.53 Å². The van der Waals surface area contributed by atoms with Crippen LogP contribution in [-0.2, 0) is 6.54 Å². The number of anilines is 1. The molecule has 9 heteroatoms. The first-order valence-electron chi connectivity index (χ1n) is 9.26. The highest BCUT2D eigenvalue weighted by Gasteiger charge is 2.21. The number of fused-ring (bicyclic) bond motifs is 1. The van der Waals surface area contributed by atoms with Crippen molar-refractivity contribution >= 4 is 56.3 Å². The molecule has 31 heavy (non-hydrogen) atoms. The van der Waals surface area contributed by atoms with Crippen LogP contribution in [-0.4, -0.2) is 22.6 Å². The van der Waals surface area contributed by atoms with E-state index in [2.05, 4.69) is 10.3 Å². The highest BCUT2D eigenvalue weighted by Crippen LogP contribution is 2.31. The minimum absolute atomic E-state index is 0.224. The topological polar surface area (TPSA) is 73.2 Å². The number of aromatic nitrogens is 2. The lowest BCUT2D eigenvalue weighted by Gasteiger charge is -2.10. The van der Waals surface area contributed by atoms with E-state index in [9.17, 15) is 9.59 Å². The van der Waals surface area contributed by atoms with E-state index < -0.39 is 0 Å². The number of nitrogens with one attached hydrogen (secondary N) is 1. The average molecular weight is 474 g/mol. The molecule has 0 saturated heterocycles. The number of rotatable bonds is 5. The first-order chi connectivity index (χ1) is 14.9. The third-order valence-electron chi connectivity index (χ3n) is 4.83. The zero-order chi connectivity index (χ0) is 22.1. The van der Waals surface area contributed by atoms with Gasteiger partial charge in [-0.1, -0.05) is 41.4 Å². The van der Waals surface area contributed by atoms with Gasteiger partial charge in [0.1, 0.15) is 10.6 Å². The summed E-state index contributed by atoms with van der Waals surface area (Å²) in [7, 11) is 1.51. The predicted octanol–water partition coefficient (Wildman–Crippen LogP) is 5.38. The summed E-state index contributed by atoms with van der Waals surface area (Å²) in [6, 6.07) is 12.3. The molecule has 0 radical (unpaired) electrons. The van der Waals surface area contributed by atoms with Gasteiger partial charge in [0, 0.05) is 10.0 Å². The minimum atomic E-state index is -0.363. The summed E-state index contributed by atoms with van der Waals surface area (Å²) in [6.07, 6.45) is 1.48. The fraction of sp³-hybridized carbons (Fsp3) is 0.136.